The van der Waals surface area contributed by atoms with Gasteiger partial charge in [0.05, 0.1) is 16.5 Å². The highest BCUT2D eigenvalue weighted by molar-refractivity contribution is 7.14. The number of hydrogen-bond donors (Lipinski definition) is 1. The lowest BCUT2D eigenvalue weighted by atomic mass is 9.87. The molecule has 1 aromatic carbocycles. The Labute approximate surface area is 157 Å². The van der Waals surface area contributed by atoms with Crippen molar-refractivity contribution in [2.75, 3.05) is 5.32 Å². The quantitative estimate of drug-likeness (QED) is 0.687. The Kier molecular flexibility index (Phi) is 4.15. The van der Waals surface area contributed by atoms with E-state index in [0.29, 0.717) is 16.1 Å². The predicted molar refractivity (Wildman–Crippen MR) is 97.6 cm³/mol. The fourth-order valence-electron chi connectivity index (χ4n) is 3.34. The van der Waals surface area contributed by atoms with Crippen LogP contribution in [0, 0.1) is 25.5 Å². The summed E-state index contributed by atoms with van der Waals surface area (Å²) in [7, 11) is 0. The molecule has 1 aliphatic rings. The van der Waals surface area contributed by atoms with Gasteiger partial charge in [-0.3, -0.25) is 9.59 Å². The van der Waals surface area contributed by atoms with Crippen molar-refractivity contribution in [2.24, 2.45) is 0 Å². The lowest BCUT2D eigenvalue weighted by Crippen LogP contribution is -2.28. The van der Waals surface area contributed by atoms with Crippen molar-refractivity contribution >= 4 is 28.8 Å². The first kappa shape index (κ1) is 17.5. The first-order valence-electron chi connectivity index (χ1n) is 8.30. The second-order valence-corrected chi connectivity index (χ2v) is 7.72. The number of amides is 1. The second-order valence-electron chi connectivity index (χ2n) is 6.43. The van der Waals surface area contributed by atoms with Crippen LogP contribution >= 0.6 is 11.3 Å². The summed E-state index contributed by atoms with van der Waals surface area (Å²) in [6.07, 6.45) is 0.00120. The van der Waals surface area contributed by atoms with E-state index in [9.17, 15) is 18.4 Å². The molecule has 0 spiro atoms. The highest BCUT2D eigenvalue weighted by Gasteiger charge is 2.37. The number of ketones is 1. The number of halogens is 2. The topological polar surface area (TPSA) is 64.0 Å². The van der Waals surface area contributed by atoms with Gasteiger partial charge in [0, 0.05) is 22.9 Å². The number of anilines is 1. The summed E-state index contributed by atoms with van der Waals surface area (Å²) in [5, 5.41) is 6.99. The van der Waals surface area contributed by atoms with Crippen LogP contribution in [0.3, 0.4) is 0 Å². The normalized spacial score (nSPS) is 16.1. The Bertz CT molecular complexity index is 1090. The molecule has 0 unspecified atom stereocenters. The third-order valence-electron chi connectivity index (χ3n) is 4.54. The highest BCUT2D eigenvalue weighted by atomic mass is 32.1. The van der Waals surface area contributed by atoms with E-state index in [1.807, 2.05) is 13.0 Å². The number of nitrogens with one attached hydrogen (secondary N) is 1. The van der Waals surface area contributed by atoms with Crippen LogP contribution in [-0.4, -0.2) is 21.5 Å². The average Bonchev–Trinajstić information content (AvgIpc) is 3.17. The summed E-state index contributed by atoms with van der Waals surface area (Å²) in [5.74, 6) is -2.47. The van der Waals surface area contributed by atoms with E-state index in [0.717, 1.165) is 17.0 Å². The second kappa shape index (κ2) is 6.38. The van der Waals surface area contributed by atoms with Crippen molar-refractivity contribution in [1.29, 1.82) is 0 Å². The van der Waals surface area contributed by atoms with Crippen LogP contribution in [0.5, 0.6) is 0 Å². The fraction of sp³-hybridized carbons (Fsp3) is 0.211. The molecule has 1 N–H and O–H groups in total. The number of fused-ring (bicyclic) bond motifs is 1. The lowest BCUT2D eigenvalue weighted by molar-refractivity contribution is -0.116. The molecule has 5 nitrogen and oxygen atoms in total. The largest absolute Gasteiger partial charge is 0.310 e. The van der Waals surface area contributed by atoms with Gasteiger partial charge in [-0.2, -0.15) is 5.10 Å². The van der Waals surface area contributed by atoms with E-state index >= 15 is 0 Å². The molecular weight excluding hydrogens is 372 g/mol. The zero-order chi connectivity index (χ0) is 19.3. The molecule has 27 heavy (non-hydrogen) atoms. The monoisotopic (exact) mass is 387 g/mol. The molecule has 1 atom stereocenters. The van der Waals surface area contributed by atoms with Gasteiger partial charge in [0.25, 0.3) is 0 Å². The highest BCUT2D eigenvalue weighted by Crippen LogP contribution is 2.39. The Morgan fingerprint density at radius 1 is 1.26 bits per heavy atom. The number of aryl methyl sites for hydroxylation is 2. The van der Waals surface area contributed by atoms with Crippen LogP contribution in [0.2, 0.25) is 0 Å². The Morgan fingerprint density at radius 3 is 2.70 bits per heavy atom. The SMILES string of the molecule is Cc1ccc(C(=O)[C@H]2CC(=O)Nc3c2c(C)nn3-c2ccc(F)cc2F)s1. The summed E-state index contributed by atoms with van der Waals surface area (Å²) >= 11 is 1.37. The van der Waals surface area contributed by atoms with Gasteiger partial charge in [-0.15, -0.1) is 11.3 Å². The number of thiophene rings is 1. The molecule has 0 radical (unpaired) electrons. The maximum Gasteiger partial charge on any atom is 0.226 e. The van der Waals surface area contributed by atoms with E-state index in [4.69, 9.17) is 0 Å². The number of nitrogens with zero attached hydrogens (tertiary/aromatic N) is 2. The van der Waals surface area contributed by atoms with E-state index in [1.165, 1.54) is 22.1 Å². The maximum absolute atomic E-state index is 14.3. The molecule has 8 heteroatoms. The molecule has 0 saturated heterocycles. The van der Waals surface area contributed by atoms with Crippen molar-refractivity contribution in [1.82, 2.24) is 9.78 Å². The fourth-order valence-corrected chi connectivity index (χ4v) is 4.20. The van der Waals surface area contributed by atoms with Gasteiger partial charge in [-0.05, 0) is 38.1 Å². The molecule has 0 fully saturated rings. The van der Waals surface area contributed by atoms with Gasteiger partial charge in [-0.1, -0.05) is 0 Å². The van der Waals surface area contributed by atoms with Crippen molar-refractivity contribution in [3.05, 3.63) is 63.0 Å². The van der Waals surface area contributed by atoms with E-state index in [1.54, 1.807) is 13.0 Å². The molecule has 3 aromatic rings. The molecule has 1 aliphatic heterocycles. The van der Waals surface area contributed by atoms with E-state index in [2.05, 4.69) is 10.4 Å². The number of carbonyl (C=O) groups is 2. The summed E-state index contributed by atoms with van der Waals surface area (Å²) < 4.78 is 28.7. The lowest BCUT2D eigenvalue weighted by Gasteiger charge is -2.22. The van der Waals surface area contributed by atoms with Crippen molar-refractivity contribution in [3.63, 3.8) is 0 Å². The van der Waals surface area contributed by atoms with E-state index < -0.39 is 17.6 Å². The van der Waals surface area contributed by atoms with Crippen molar-refractivity contribution in [2.45, 2.75) is 26.2 Å². The molecule has 0 bridgehead atoms. The van der Waals surface area contributed by atoms with Crippen LogP contribution < -0.4 is 5.32 Å². The average molecular weight is 387 g/mol. The third-order valence-corrected chi connectivity index (χ3v) is 5.56. The maximum atomic E-state index is 14.3. The van der Waals surface area contributed by atoms with Gasteiger partial charge in [-0.25, -0.2) is 13.5 Å². The molecule has 138 valence electrons. The molecule has 0 aliphatic carbocycles. The van der Waals surface area contributed by atoms with Gasteiger partial charge >= 0.3 is 0 Å². The zero-order valence-electron chi connectivity index (χ0n) is 14.5. The van der Waals surface area contributed by atoms with Crippen LogP contribution in [0.1, 0.15) is 38.1 Å². The van der Waals surface area contributed by atoms with Crippen LogP contribution in [0.25, 0.3) is 5.69 Å². The minimum absolute atomic E-state index is 0.00103. The summed E-state index contributed by atoms with van der Waals surface area (Å²) in [6, 6.07) is 6.71. The molecular formula is C19H15F2N3O2S. The minimum Gasteiger partial charge on any atom is -0.310 e. The predicted octanol–water partition coefficient (Wildman–Crippen LogP) is 4.14. The minimum atomic E-state index is -0.808. The smallest absolute Gasteiger partial charge is 0.226 e. The van der Waals surface area contributed by atoms with Gasteiger partial charge in [0.2, 0.25) is 5.91 Å². The van der Waals surface area contributed by atoms with Crippen molar-refractivity contribution in [3.8, 4) is 5.69 Å². The van der Waals surface area contributed by atoms with Gasteiger partial charge in [0.15, 0.2) is 11.6 Å². The number of rotatable bonds is 3. The zero-order valence-corrected chi connectivity index (χ0v) is 15.4. The summed E-state index contributed by atoms with van der Waals surface area (Å²) in [6.45, 7) is 3.61. The summed E-state index contributed by atoms with van der Waals surface area (Å²) in [5.41, 5.74) is 1.08. The molecule has 0 saturated carbocycles. The first-order chi connectivity index (χ1) is 12.8. The number of aromatic nitrogens is 2. The third kappa shape index (κ3) is 2.95. The summed E-state index contributed by atoms with van der Waals surface area (Å²) in [4.78, 5) is 26.8. The van der Waals surface area contributed by atoms with Crippen LogP contribution in [-0.2, 0) is 4.79 Å². The van der Waals surface area contributed by atoms with Gasteiger partial charge in [0.1, 0.15) is 17.3 Å². The number of carbonyl (C=O) groups excluding carboxylic acids is 2. The molecule has 2 aromatic heterocycles. The molecule has 4 rings (SSSR count). The Hall–Kier alpha value is -2.87. The Morgan fingerprint density at radius 2 is 2.04 bits per heavy atom. The Balaban J connectivity index is 1.85. The van der Waals surface area contributed by atoms with Crippen LogP contribution in [0.4, 0.5) is 14.6 Å². The van der Waals surface area contributed by atoms with Crippen molar-refractivity contribution < 1.29 is 18.4 Å². The van der Waals surface area contributed by atoms with E-state index in [-0.39, 0.29) is 29.6 Å². The first-order valence-corrected chi connectivity index (χ1v) is 9.12. The molecule has 3 heterocycles. The van der Waals surface area contributed by atoms with Gasteiger partial charge < -0.3 is 5.32 Å². The number of Topliss-reactive ketones (excluding diaryl/α,β-unsaturated/α-hetero) is 1. The number of hydrogen-bond acceptors (Lipinski definition) is 4. The number of benzene rings is 1. The van der Waals surface area contributed by atoms with Crippen LogP contribution in [0.15, 0.2) is 30.3 Å². The molecule has 1 amide bonds. The standard InChI is InChI=1S/C19H15F2N3O2S/c1-9-3-6-15(27-9)18(26)12-8-16(25)22-19-17(12)10(2)23-24(19)14-5-4-11(20)7-13(14)21/h3-7,12H,8H2,1-2H3,(H,22,25)/t12-/m0/s1.